The molecule has 0 aromatic carbocycles. The standard InChI is InChI=1S/C10H19NO3/c1-8-5-11(6-9(12)13-4)7-10(2,3)14-8/h8H,5-7H2,1-4H3. The van der Waals surface area contributed by atoms with Gasteiger partial charge in [-0.2, -0.15) is 0 Å². The summed E-state index contributed by atoms with van der Waals surface area (Å²) in [4.78, 5) is 13.2. The quantitative estimate of drug-likeness (QED) is 0.615. The molecule has 0 aromatic heterocycles. The van der Waals surface area contributed by atoms with E-state index in [0.29, 0.717) is 6.54 Å². The molecule has 0 N–H and O–H groups in total. The molecule has 1 heterocycles. The minimum atomic E-state index is -0.185. The van der Waals surface area contributed by atoms with Crippen molar-refractivity contribution < 1.29 is 14.3 Å². The van der Waals surface area contributed by atoms with Gasteiger partial charge in [0.25, 0.3) is 0 Å². The third-order valence-corrected chi connectivity index (χ3v) is 2.22. The van der Waals surface area contributed by atoms with Gasteiger partial charge in [0.1, 0.15) is 0 Å². The molecule has 0 spiro atoms. The van der Waals surface area contributed by atoms with E-state index in [0.717, 1.165) is 13.1 Å². The number of rotatable bonds is 2. The second-order valence-corrected chi connectivity index (χ2v) is 4.43. The zero-order chi connectivity index (χ0) is 10.8. The van der Waals surface area contributed by atoms with Crippen LogP contribution in [0.25, 0.3) is 0 Å². The minimum Gasteiger partial charge on any atom is -0.468 e. The Kier molecular flexibility index (Phi) is 3.50. The van der Waals surface area contributed by atoms with Crippen LogP contribution in [0.2, 0.25) is 0 Å². The van der Waals surface area contributed by atoms with Crippen LogP contribution in [0.3, 0.4) is 0 Å². The van der Waals surface area contributed by atoms with Crippen LogP contribution < -0.4 is 0 Å². The van der Waals surface area contributed by atoms with Crippen molar-refractivity contribution in [3.8, 4) is 0 Å². The van der Waals surface area contributed by atoms with Gasteiger partial charge in [0.15, 0.2) is 0 Å². The van der Waals surface area contributed by atoms with E-state index in [1.165, 1.54) is 7.11 Å². The number of hydrogen-bond donors (Lipinski definition) is 0. The molecule has 1 rings (SSSR count). The molecule has 4 heteroatoms. The summed E-state index contributed by atoms with van der Waals surface area (Å²) in [5.41, 5.74) is -0.175. The molecule has 0 amide bonds. The van der Waals surface area contributed by atoms with Gasteiger partial charge in [-0.25, -0.2) is 0 Å². The molecule has 0 radical (unpaired) electrons. The highest BCUT2D eigenvalue weighted by atomic mass is 16.5. The maximum absolute atomic E-state index is 11.1. The van der Waals surface area contributed by atoms with Crippen LogP contribution in [0.1, 0.15) is 20.8 Å². The van der Waals surface area contributed by atoms with E-state index in [2.05, 4.69) is 9.64 Å². The zero-order valence-electron chi connectivity index (χ0n) is 9.37. The topological polar surface area (TPSA) is 38.8 Å². The van der Waals surface area contributed by atoms with Gasteiger partial charge >= 0.3 is 5.97 Å². The van der Waals surface area contributed by atoms with Crippen molar-refractivity contribution in [3.63, 3.8) is 0 Å². The molecule has 4 nitrogen and oxygen atoms in total. The van der Waals surface area contributed by atoms with Crippen molar-refractivity contribution in [2.45, 2.75) is 32.5 Å². The van der Waals surface area contributed by atoms with E-state index in [-0.39, 0.29) is 17.7 Å². The second-order valence-electron chi connectivity index (χ2n) is 4.43. The van der Waals surface area contributed by atoms with Gasteiger partial charge in [-0.05, 0) is 20.8 Å². The molecule has 1 saturated heterocycles. The van der Waals surface area contributed by atoms with E-state index in [1.54, 1.807) is 0 Å². The third-order valence-electron chi connectivity index (χ3n) is 2.22. The Balaban J connectivity index is 2.50. The number of methoxy groups -OCH3 is 1. The summed E-state index contributed by atoms with van der Waals surface area (Å²) in [6.07, 6.45) is 0.170. The van der Waals surface area contributed by atoms with Gasteiger partial charge in [0.05, 0.1) is 25.4 Å². The van der Waals surface area contributed by atoms with Crippen molar-refractivity contribution in [2.24, 2.45) is 0 Å². The minimum absolute atomic E-state index is 0.170. The summed E-state index contributed by atoms with van der Waals surface area (Å²) in [6, 6.07) is 0. The lowest BCUT2D eigenvalue weighted by atomic mass is 10.1. The van der Waals surface area contributed by atoms with Crippen LogP contribution in [0.4, 0.5) is 0 Å². The van der Waals surface area contributed by atoms with E-state index >= 15 is 0 Å². The van der Waals surface area contributed by atoms with E-state index in [4.69, 9.17) is 4.74 Å². The van der Waals surface area contributed by atoms with Crippen molar-refractivity contribution in [3.05, 3.63) is 0 Å². The van der Waals surface area contributed by atoms with Crippen molar-refractivity contribution in [1.82, 2.24) is 4.90 Å². The number of hydrogen-bond acceptors (Lipinski definition) is 4. The molecule has 1 unspecified atom stereocenters. The molecular formula is C10H19NO3. The summed E-state index contributed by atoms with van der Waals surface area (Å²) >= 11 is 0. The Morgan fingerprint density at radius 1 is 1.64 bits per heavy atom. The fraction of sp³-hybridized carbons (Fsp3) is 0.900. The van der Waals surface area contributed by atoms with Crippen LogP contribution in [-0.4, -0.2) is 49.3 Å². The fourth-order valence-electron chi connectivity index (χ4n) is 1.95. The van der Waals surface area contributed by atoms with Crippen LogP contribution >= 0.6 is 0 Å². The van der Waals surface area contributed by atoms with E-state index in [1.807, 2.05) is 20.8 Å². The van der Waals surface area contributed by atoms with Crippen molar-refractivity contribution in [2.75, 3.05) is 26.7 Å². The summed E-state index contributed by atoms with van der Waals surface area (Å²) in [6.45, 7) is 8.00. The first-order chi connectivity index (χ1) is 6.43. The molecule has 82 valence electrons. The molecule has 1 fully saturated rings. The van der Waals surface area contributed by atoms with E-state index < -0.39 is 0 Å². The molecule has 0 aliphatic carbocycles. The first kappa shape index (κ1) is 11.5. The highest BCUT2D eigenvalue weighted by Crippen LogP contribution is 2.20. The molecular weight excluding hydrogens is 182 g/mol. The van der Waals surface area contributed by atoms with Crippen molar-refractivity contribution in [1.29, 1.82) is 0 Å². The second kappa shape index (κ2) is 4.28. The maximum atomic E-state index is 11.1. The van der Waals surface area contributed by atoms with Crippen LogP contribution in [0.15, 0.2) is 0 Å². The van der Waals surface area contributed by atoms with Gasteiger partial charge in [-0.15, -0.1) is 0 Å². The highest BCUT2D eigenvalue weighted by Gasteiger charge is 2.31. The Labute approximate surface area is 85.2 Å². The van der Waals surface area contributed by atoms with Crippen LogP contribution in [-0.2, 0) is 14.3 Å². The van der Waals surface area contributed by atoms with Gasteiger partial charge in [0.2, 0.25) is 0 Å². The average Bonchev–Trinajstić information content (AvgIpc) is 1.99. The van der Waals surface area contributed by atoms with Gasteiger partial charge in [-0.3, -0.25) is 9.69 Å². The number of nitrogens with zero attached hydrogens (tertiary/aromatic N) is 1. The monoisotopic (exact) mass is 201 g/mol. The number of morpholine rings is 1. The maximum Gasteiger partial charge on any atom is 0.319 e. The molecule has 1 aliphatic rings. The molecule has 0 aromatic rings. The Hall–Kier alpha value is -0.610. The number of esters is 1. The molecule has 14 heavy (non-hydrogen) atoms. The average molecular weight is 201 g/mol. The summed E-state index contributed by atoms with van der Waals surface area (Å²) < 4.78 is 10.4. The SMILES string of the molecule is COC(=O)CN1CC(C)OC(C)(C)C1. The fourth-order valence-corrected chi connectivity index (χ4v) is 1.95. The predicted octanol–water partition coefficient (Wildman–Crippen LogP) is 0.659. The highest BCUT2D eigenvalue weighted by molar-refractivity contribution is 5.71. The van der Waals surface area contributed by atoms with Crippen LogP contribution in [0.5, 0.6) is 0 Å². The molecule has 1 atom stereocenters. The Bertz CT molecular complexity index is 215. The summed E-state index contributed by atoms with van der Waals surface area (Å²) in [5.74, 6) is -0.185. The lowest BCUT2D eigenvalue weighted by Crippen LogP contribution is -2.53. The lowest BCUT2D eigenvalue weighted by Gasteiger charge is -2.41. The van der Waals surface area contributed by atoms with Gasteiger partial charge in [-0.1, -0.05) is 0 Å². The van der Waals surface area contributed by atoms with Gasteiger partial charge < -0.3 is 9.47 Å². The molecule has 0 saturated carbocycles. The molecule has 1 aliphatic heterocycles. The smallest absolute Gasteiger partial charge is 0.319 e. The lowest BCUT2D eigenvalue weighted by molar-refractivity contribution is -0.152. The largest absolute Gasteiger partial charge is 0.468 e. The normalized spacial score (nSPS) is 27.3. The number of carbonyl (C=O) groups excluding carboxylic acids is 1. The van der Waals surface area contributed by atoms with E-state index in [9.17, 15) is 4.79 Å². The van der Waals surface area contributed by atoms with Crippen molar-refractivity contribution >= 4 is 5.97 Å². The first-order valence-corrected chi connectivity index (χ1v) is 4.90. The Morgan fingerprint density at radius 3 is 2.79 bits per heavy atom. The summed E-state index contributed by atoms with van der Waals surface area (Å²) in [7, 11) is 1.41. The zero-order valence-corrected chi connectivity index (χ0v) is 9.37. The number of ether oxygens (including phenoxy) is 2. The van der Waals surface area contributed by atoms with Crippen LogP contribution in [0, 0.1) is 0 Å². The van der Waals surface area contributed by atoms with Gasteiger partial charge in [0, 0.05) is 13.1 Å². The molecule has 0 bridgehead atoms. The first-order valence-electron chi connectivity index (χ1n) is 4.90. The third kappa shape index (κ3) is 3.27. The number of carbonyl (C=O) groups is 1. The summed E-state index contributed by atoms with van der Waals surface area (Å²) in [5, 5.41) is 0. The Morgan fingerprint density at radius 2 is 2.29 bits per heavy atom. The predicted molar refractivity (Wildman–Crippen MR) is 53.1 cm³/mol.